The summed E-state index contributed by atoms with van der Waals surface area (Å²) in [6, 6.07) is 0. The van der Waals surface area contributed by atoms with E-state index in [1.165, 1.54) is 14.1 Å². The van der Waals surface area contributed by atoms with Crippen molar-refractivity contribution in [3.8, 4) is 5.88 Å². The normalized spacial score (nSPS) is 16.7. The lowest BCUT2D eigenvalue weighted by atomic mass is 10.1. The Morgan fingerprint density at radius 2 is 1.84 bits per heavy atom. The van der Waals surface area contributed by atoms with Crippen LogP contribution in [0.4, 0.5) is 0 Å². The first-order valence-electron chi connectivity index (χ1n) is 5.77. The summed E-state index contributed by atoms with van der Waals surface area (Å²) in [5.74, 6) is -0.341. The summed E-state index contributed by atoms with van der Waals surface area (Å²) in [6.45, 7) is 3.67. The molecule has 2 rings (SSSR count). The molecule has 19 heavy (non-hydrogen) atoms. The van der Waals surface area contributed by atoms with Gasteiger partial charge in [0.15, 0.2) is 0 Å². The fourth-order valence-electron chi connectivity index (χ4n) is 1.98. The van der Waals surface area contributed by atoms with E-state index in [9.17, 15) is 14.7 Å². The number of aromatic nitrogens is 2. The van der Waals surface area contributed by atoms with E-state index in [0.717, 1.165) is 26.1 Å². The van der Waals surface area contributed by atoms with Crippen molar-refractivity contribution >= 4 is 11.8 Å². The van der Waals surface area contributed by atoms with Crippen LogP contribution < -0.4 is 11.2 Å². The van der Waals surface area contributed by atoms with E-state index in [0.29, 0.717) is 0 Å². The van der Waals surface area contributed by atoms with Gasteiger partial charge >= 0.3 is 5.69 Å². The van der Waals surface area contributed by atoms with Crippen molar-refractivity contribution in [2.45, 2.75) is 13.8 Å². The van der Waals surface area contributed by atoms with Crippen LogP contribution in [0.2, 0.25) is 0 Å². The monoisotopic (exact) mass is 261 g/mol. The number of allylic oxidation sites excluding steroid dienone is 3. The maximum absolute atomic E-state index is 12.0. The average Bonchev–Trinajstić information content (AvgIpc) is 2.68. The van der Waals surface area contributed by atoms with Crippen molar-refractivity contribution in [3.05, 3.63) is 43.7 Å². The summed E-state index contributed by atoms with van der Waals surface area (Å²) in [6.07, 6.45) is 3.37. The third-order valence-corrected chi connectivity index (χ3v) is 3.09. The Morgan fingerprint density at radius 3 is 2.37 bits per heavy atom. The highest BCUT2D eigenvalue weighted by atomic mass is 16.3. The van der Waals surface area contributed by atoms with E-state index in [2.05, 4.69) is 4.99 Å². The zero-order chi connectivity index (χ0) is 14.3. The summed E-state index contributed by atoms with van der Waals surface area (Å²) in [7, 11) is 2.79. The maximum Gasteiger partial charge on any atom is 0.333 e. The summed E-state index contributed by atoms with van der Waals surface area (Å²) < 4.78 is 2.00. The molecule has 0 atom stereocenters. The second kappa shape index (κ2) is 4.38. The molecule has 0 fully saturated rings. The third kappa shape index (κ3) is 2.05. The Hall–Kier alpha value is -2.37. The highest BCUT2D eigenvalue weighted by Crippen LogP contribution is 2.20. The molecule has 1 aliphatic heterocycles. The molecule has 0 amide bonds. The van der Waals surface area contributed by atoms with Gasteiger partial charge < -0.3 is 5.11 Å². The number of nitrogens with zero attached hydrogens (tertiary/aromatic N) is 3. The molecule has 0 aromatic carbocycles. The first-order valence-corrected chi connectivity index (χ1v) is 5.77. The highest BCUT2D eigenvalue weighted by Gasteiger charge is 2.15. The van der Waals surface area contributed by atoms with E-state index in [4.69, 9.17) is 0 Å². The SMILES string of the molecule is CC1=CC(=Cc2c(O)n(C)c(=O)n(C)c2=O)C(C)=N1. The van der Waals surface area contributed by atoms with Gasteiger partial charge in [-0.15, -0.1) is 0 Å². The largest absolute Gasteiger partial charge is 0.494 e. The fraction of sp³-hybridized carbons (Fsp3) is 0.308. The topological polar surface area (TPSA) is 76.6 Å². The van der Waals surface area contributed by atoms with E-state index in [1.807, 2.05) is 19.9 Å². The molecule has 0 saturated heterocycles. The van der Waals surface area contributed by atoms with Gasteiger partial charge in [0.05, 0.1) is 0 Å². The Balaban J connectivity index is 2.74. The molecule has 0 unspecified atom stereocenters. The van der Waals surface area contributed by atoms with Gasteiger partial charge in [-0.3, -0.25) is 18.9 Å². The van der Waals surface area contributed by atoms with Crippen LogP contribution in [0.5, 0.6) is 5.88 Å². The zero-order valence-electron chi connectivity index (χ0n) is 11.3. The second-order valence-corrected chi connectivity index (χ2v) is 4.53. The lowest BCUT2D eigenvalue weighted by Crippen LogP contribution is -2.38. The number of hydrogen-bond acceptors (Lipinski definition) is 4. The average molecular weight is 261 g/mol. The van der Waals surface area contributed by atoms with Gasteiger partial charge in [0, 0.05) is 25.5 Å². The van der Waals surface area contributed by atoms with Crippen molar-refractivity contribution < 1.29 is 5.11 Å². The van der Waals surface area contributed by atoms with E-state index in [-0.39, 0.29) is 11.4 Å². The van der Waals surface area contributed by atoms with Crippen LogP contribution in [0.3, 0.4) is 0 Å². The van der Waals surface area contributed by atoms with E-state index < -0.39 is 11.2 Å². The molecule has 0 spiro atoms. The summed E-state index contributed by atoms with van der Waals surface area (Å²) in [4.78, 5) is 27.9. The van der Waals surface area contributed by atoms with E-state index in [1.54, 1.807) is 6.08 Å². The third-order valence-electron chi connectivity index (χ3n) is 3.09. The Morgan fingerprint density at radius 1 is 1.21 bits per heavy atom. The second-order valence-electron chi connectivity index (χ2n) is 4.53. The number of rotatable bonds is 1. The Labute approximate surface area is 109 Å². The Kier molecular flexibility index (Phi) is 3.01. The van der Waals surface area contributed by atoms with Crippen LogP contribution >= 0.6 is 0 Å². The highest BCUT2D eigenvalue weighted by molar-refractivity contribution is 6.07. The van der Waals surface area contributed by atoms with Crippen LogP contribution in [0.1, 0.15) is 19.4 Å². The minimum absolute atomic E-state index is 0.0834. The standard InChI is InChI=1S/C13H15N3O3/c1-7-5-9(8(2)14-7)6-10-11(17)15(3)13(19)16(4)12(10)18/h5-6,17H,1-4H3. The minimum atomic E-state index is -0.562. The van der Waals surface area contributed by atoms with Gasteiger partial charge in [0.1, 0.15) is 5.56 Å². The first-order chi connectivity index (χ1) is 8.82. The van der Waals surface area contributed by atoms with E-state index >= 15 is 0 Å². The molecule has 1 N–H and O–H groups in total. The molecule has 1 aromatic heterocycles. The van der Waals surface area contributed by atoms with Crippen LogP contribution in [0, 0.1) is 0 Å². The number of aliphatic imine (C=N–C) groups is 1. The molecule has 0 aliphatic carbocycles. The first kappa shape index (κ1) is 13.1. The Bertz CT molecular complexity index is 761. The van der Waals surface area contributed by atoms with Crippen molar-refractivity contribution in [2.24, 2.45) is 19.1 Å². The molecule has 6 nitrogen and oxygen atoms in total. The lowest BCUT2D eigenvalue weighted by Gasteiger charge is -2.08. The summed E-state index contributed by atoms with van der Waals surface area (Å²) >= 11 is 0. The van der Waals surface area contributed by atoms with Gasteiger partial charge in [0.25, 0.3) is 5.56 Å². The quantitative estimate of drug-likeness (QED) is 0.802. The van der Waals surface area contributed by atoms with Crippen LogP contribution in [-0.4, -0.2) is 20.0 Å². The minimum Gasteiger partial charge on any atom is -0.494 e. The van der Waals surface area contributed by atoms with Gasteiger partial charge in [-0.2, -0.15) is 0 Å². The van der Waals surface area contributed by atoms with Crippen LogP contribution in [0.15, 0.2) is 31.9 Å². The predicted molar refractivity (Wildman–Crippen MR) is 73.4 cm³/mol. The molecule has 0 bridgehead atoms. The molecular weight excluding hydrogens is 246 g/mol. The molecular formula is C13H15N3O3. The predicted octanol–water partition coefficient (Wildman–Crippen LogP) is 0.551. The van der Waals surface area contributed by atoms with Gasteiger partial charge in [-0.1, -0.05) is 0 Å². The molecule has 1 aliphatic rings. The molecule has 0 saturated carbocycles. The van der Waals surface area contributed by atoms with Gasteiger partial charge in [0.2, 0.25) is 5.88 Å². The molecule has 6 heteroatoms. The summed E-state index contributed by atoms with van der Waals surface area (Å²) in [5, 5.41) is 9.94. The van der Waals surface area contributed by atoms with Crippen molar-refractivity contribution in [2.75, 3.05) is 0 Å². The molecule has 100 valence electrons. The smallest absolute Gasteiger partial charge is 0.333 e. The fourth-order valence-corrected chi connectivity index (χ4v) is 1.98. The van der Waals surface area contributed by atoms with Crippen LogP contribution in [-0.2, 0) is 14.1 Å². The van der Waals surface area contributed by atoms with Gasteiger partial charge in [-0.25, -0.2) is 4.79 Å². The number of aromatic hydroxyl groups is 1. The molecule has 0 radical (unpaired) electrons. The lowest BCUT2D eigenvalue weighted by molar-refractivity contribution is 0.410. The van der Waals surface area contributed by atoms with Gasteiger partial charge in [-0.05, 0) is 31.6 Å². The molecule has 2 heterocycles. The zero-order valence-corrected chi connectivity index (χ0v) is 11.3. The van der Waals surface area contributed by atoms with Crippen LogP contribution in [0.25, 0.3) is 6.08 Å². The van der Waals surface area contributed by atoms with Crippen molar-refractivity contribution in [1.29, 1.82) is 0 Å². The number of hydrogen-bond donors (Lipinski definition) is 1. The maximum atomic E-state index is 12.0. The van der Waals surface area contributed by atoms with Crippen molar-refractivity contribution in [3.63, 3.8) is 0 Å². The van der Waals surface area contributed by atoms with Crippen molar-refractivity contribution in [1.82, 2.24) is 9.13 Å². The molecule has 1 aromatic rings. The summed E-state index contributed by atoms with van der Waals surface area (Å²) in [5.41, 5.74) is 1.35.